The third-order valence-electron chi connectivity index (χ3n) is 2.33. The largest absolute Gasteiger partial charge is 0.292 e. The van der Waals surface area contributed by atoms with E-state index >= 15 is 0 Å². The summed E-state index contributed by atoms with van der Waals surface area (Å²) in [4.78, 5) is 11.5. The molecule has 0 atom stereocenters. The van der Waals surface area contributed by atoms with E-state index in [4.69, 9.17) is 0 Å². The lowest BCUT2D eigenvalue weighted by Crippen LogP contribution is -2.15. The molecule has 64 valence electrons. The van der Waals surface area contributed by atoms with Gasteiger partial charge in [0, 0.05) is 18.5 Å². The maximum Gasteiger partial charge on any atom is 0.181 e. The predicted molar refractivity (Wildman–Crippen MR) is 45.2 cm³/mol. The monoisotopic (exact) mass is 164 g/mol. The summed E-state index contributed by atoms with van der Waals surface area (Å²) in [5, 5.41) is 4.16. The maximum absolute atomic E-state index is 11.5. The van der Waals surface area contributed by atoms with Gasteiger partial charge in [0.05, 0.1) is 6.20 Å². The minimum Gasteiger partial charge on any atom is -0.292 e. The van der Waals surface area contributed by atoms with E-state index in [1.165, 1.54) is 0 Å². The Hall–Kier alpha value is -1.12. The van der Waals surface area contributed by atoms with Gasteiger partial charge in [0.2, 0.25) is 0 Å². The summed E-state index contributed by atoms with van der Waals surface area (Å²) in [5.41, 5.74) is 1.98. The van der Waals surface area contributed by atoms with E-state index in [0.29, 0.717) is 6.42 Å². The molecule has 0 bridgehead atoms. The van der Waals surface area contributed by atoms with E-state index in [9.17, 15) is 4.79 Å². The average molecular weight is 164 g/mol. The van der Waals surface area contributed by atoms with Crippen LogP contribution < -0.4 is 0 Å². The summed E-state index contributed by atoms with van der Waals surface area (Å²) in [7, 11) is 0. The molecule has 1 aliphatic rings. The molecule has 3 nitrogen and oxygen atoms in total. The number of ketones is 1. The number of aryl methyl sites for hydroxylation is 2. The fourth-order valence-corrected chi connectivity index (χ4v) is 1.73. The molecule has 0 unspecified atom stereocenters. The van der Waals surface area contributed by atoms with Crippen LogP contribution in [0, 0.1) is 0 Å². The molecule has 0 N–H and O–H groups in total. The third-order valence-corrected chi connectivity index (χ3v) is 2.33. The second-order valence-electron chi connectivity index (χ2n) is 3.11. The number of fused-ring (bicyclic) bond motifs is 1. The Balaban J connectivity index is 2.50. The van der Waals surface area contributed by atoms with Gasteiger partial charge in [-0.15, -0.1) is 0 Å². The van der Waals surface area contributed by atoms with Crippen LogP contribution in [0.2, 0.25) is 0 Å². The highest BCUT2D eigenvalue weighted by molar-refractivity contribution is 5.96. The zero-order valence-corrected chi connectivity index (χ0v) is 7.21. The van der Waals surface area contributed by atoms with Crippen LogP contribution in [0.3, 0.4) is 0 Å². The normalized spacial score (nSPS) is 16.2. The first-order valence-electron chi connectivity index (χ1n) is 4.41. The molecule has 1 aromatic rings. The topological polar surface area (TPSA) is 34.9 Å². The number of carbonyl (C=O) groups is 1. The minimum atomic E-state index is 0.260. The van der Waals surface area contributed by atoms with Gasteiger partial charge >= 0.3 is 0 Å². The van der Waals surface area contributed by atoms with Crippen molar-refractivity contribution >= 4 is 5.78 Å². The van der Waals surface area contributed by atoms with Crippen molar-refractivity contribution in [3.05, 3.63) is 17.5 Å². The first-order chi connectivity index (χ1) is 5.83. The lowest BCUT2D eigenvalue weighted by atomic mass is 9.97. The molecule has 1 aromatic heterocycles. The molecule has 0 aromatic carbocycles. The minimum absolute atomic E-state index is 0.260. The number of carbonyl (C=O) groups excluding carboxylic acids is 1. The summed E-state index contributed by atoms with van der Waals surface area (Å²) >= 11 is 0. The van der Waals surface area contributed by atoms with Gasteiger partial charge in [-0.25, -0.2) is 0 Å². The number of rotatable bonds is 1. The number of nitrogens with zero attached hydrogens (tertiary/aromatic N) is 2. The zero-order valence-electron chi connectivity index (χ0n) is 7.21. The lowest BCUT2D eigenvalue weighted by molar-refractivity contribution is 0.0962. The molecular formula is C9H12N2O. The highest BCUT2D eigenvalue weighted by Crippen LogP contribution is 2.20. The van der Waals surface area contributed by atoms with Gasteiger partial charge in [0.15, 0.2) is 5.78 Å². The van der Waals surface area contributed by atoms with Gasteiger partial charge in [-0.1, -0.05) is 0 Å². The standard InChI is InChI=1S/C9H12N2O/c1-2-11-9-7(6-10-11)4-3-5-8(9)12/h6H,2-5H2,1H3. The Morgan fingerprint density at radius 1 is 1.58 bits per heavy atom. The quantitative estimate of drug-likeness (QED) is 0.629. The Morgan fingerprint density at radius 2 is 2.42 bits per heavy atom. The van der Waals surface area contributed by atoms with Gasteiger partial charge in [-0.2, -0.15) is 5.10 Å². The van der Waals surface area contributed by atoms with Crippen LogP contribution in [0.5, 0.6) is 0 Å². The summed E-state index contributed by atoms with van der Waals surface area (Å²) in [6, 6.07) is 0. The Morgan fingerprint density at radius 3 is 3.17 bits per heavy atom. The lowest BCUT2D eigenvalue weighted by Gasteiger charge is -2.11. The Kier molecular flexibility index (Phi) is 1.71. The van der Waals surface area contributed by atoms with Crippen LogP contribution >= 0.6 is 0 Å². The van der Waals surface area contributed by atoms with Gasteiger partial charge in [-0.3, -0.25) is 9.48 Å². The summed E-state index contributed by atoms with van der Waals surface area (Å²) in [6.45, 7) is 2.80. The van der Waals surface area contributed by atoms with Crippen molar-refractivity contribution in [1.82, 2.24) is 9.78 Å². The van der Waals surface area contributed by atoms with Gasteiger partial charge < -0.3 is 0 Å². The molecule has 0 aliphatic heterocycles. The second kappa shape index (κ2) is 2.73. The molecule has 0 radical (unpaired) electrons. The van der Waals surface area contributed by atoms with Crippen molar-refractivity contribution in [3.63, 3.8) is 0 Å². The van der Waals surface area contributed by atoms with Crippen molar-refractivity contribution < 1.29 is 4.79 Å². The predicted octanol–water partition coefficient (Wildman–Crippen LogP) is 1.42. The summed E-state index contributed by atoms with van der Waals surface area (Å²) in [6.07, 6.45) is 4.52. The van der Waals surface area contributed by atoms with Crippen LogP contribution in [-0.2, 0) is 13.0 Å². The first-order valence-corrected chi connectivity index (χ1v) is 4.41. The van der Waals surface area contributed by atoms with Crippen LogP contribution in [0.1, 0.15) is 35.8 Å². The number of Topliss-reactive ketones (excluding diaryl/α,β-unsaturated/α-hetero) is 1. The molecule has 0 saturated carbocycles. The fraction of sp³-hybridized carbons (Fsp3) is 0.556. The molecule has 0 amide bonds. The summed E-state index contributed by atoms with van der Waals surface area (Å²) < 4.78 is 1.80. The zero-order chi connectivity index (χ0) is 8.55. The molecule has 1 heterocycles. The molecule has 2 rings (SSSR count). The third kappa shape index (κ3) is 0.967. The van der Waals surface area contributed by atoms with Crippen molar-refractivity contribution in [1.29, 1.82) is 0 Å². The summed E-state index contributed by atoms with van der Waals surface area (Å²) in [5.74, 6) is 0.260. The van der Waals surface area contributed by atoms with Crippen molar-refractivity contribution in [2.24, 2.45) is 0 Å². The molecule has 0 spiro atoms. The van der Waals surface area contributed by atoms with E-state index in [2.05, 4.69) is 5.10 Å². The second-order valence-corrected chi connectivity index (χ2v) is 3.11. The molecular weight excluding hydrogens is 152 g/mol. The van der Waals surface area contributed by atoms with Crippen LogP contribution in [0.4, 0.5) is 0 Å². The van der Waals surface area contributed by atoms with Crippen LogP contribution in [-0.4, -0.2) is 15.6 Å². The maximum atomic E-state index is 11.5. The van der Waals surface area contributed by atoms with E-state index in [1.54, 1.807) is 4.68 Å². The van der Waals surface area contributed by atoms with Gasteiger partial charge in [-0.05, 0) is 19.8 Å². The van der Waals surface area contributed by atoms with E-state index in [0.717, 1.165) is 30.6 Å². The van der Waals surface area contributed by atoms with Crippen molar-refractivity contribution in [3.8, 4) is 0 Å². The molecule has 0 fully saturated rings. The molecule has 3 heteroatoms. The Bertz CT molecular complexity index is 301. The first kappa shape index (κ1) is 7.53. The van der Waals surface area contributed by atoms with E-state index in [1.807, 2.05) is 13.1 Å². The smallest absolute Gasteiger partial charge is 0.181 e. The fourth-order valence-electron chi connectivity index (χ4n) is 1.73. The molecule has 1 aliphatic carbocycles. The molecule has 0 saturated heterocycles. The van der Waals surface area contributed by atoms with Gasteiger partial charge in [0.1, 0.15) is 5.69 Å². The highest BCUT2D eigenvalue weighted by Gasteiger charge is 2.21. The van der Waals surface area contributed by atoms with Gasteiger partial charge in [0.25, 0.3) is 0 Å². The number of hydrogen-bond acceptors (Lipinski definition) is 2. The SMILES string of the molecule is CCn1ncc2c1C(=O)CCC2. The number of hydrogen-bond donors (Lipinski definition) is 0. The van der Waals surface area contributed by atoms with Crippen molar-refractivity contribution in [2.75, 3.05) is 0 Å². The van der Waals surface area contributed by atoms with E-state index in [-0.39, 0.29) is 5.78 Å². The average Bonchev–Trinajstić information content (AvgIpc) is 2.49. The Labute approximate surface area is 71.4 Å². The van der Waals surface area contributed by atoms with E-state index < -0.39 is 0 Å². The highest BCUT2D eigenvalue weighted by atomic mass is 16.1. The van der Waals surface area contributed by atoms with Crippen molar-refractivity contribution in [2.45, 2.75) is 32.7 Å². The van der Waals surface area contributed by atoms with Crippen LogP contribution in [0.15, 0.2) is 6.20 Å². The number of aromatic nitrogens is 2. The molecule has 12 heavy (non-hydrogen) atoms. The van der Waals surface area contributed by atoms with Crippen LogP contribution in [0.25, 0.3) is 0 Å².